The summed E-state index contributed by atoms with van der Waals surface area (Å²) < 4.78 is 0. The molecule has 242 valence electrons. The van der Waals surface area contributed by atoms with Gasteiger partial charge in [0.1, 0.15) is 0 Å². The summed E-state index contributed by atoms with van der Waals surface area (Å²) in [5.41, 5.74) is 4.17. The molecule has 47 heavy (non-hydrogen) atoms. The quantitative estimate of drug-likeness (QED) is 0.0631. The second kappa shape index (κ2) is 17.1. The molecule has 0 aliphatic heterocycles. The number of nitrogens with zero attached hydrogens (tertiary/aromatic N) is 5. The van der Waals surface area contributed by atoms with Crippen molar-refractivity contribution in [1.82, 2.24) is 19.9 Å². The zero-order chi connectivity index (χ0) is 33.5. The van der Waals surface area contributed by atoms with Crippen molar-refractivity contribution in [1.29, 1.82) is 0 Å². The van der Waals surface area contributed by atoms with Crippen LogP contribution in [-0.4, -0.2) is 25.0 Å². The van der Waals surface area contributed by atoms with Gasteiger partial charge in [0.25, 0.3) is 0 Å². The molecule has 0 spiro atoms. The van der Waals surface area contributed by atoms with Crippen molar-refractivity contribution in [3.05, 3.63) is 132 Å². The molecule has 0 aliphatic carbocycles. The van der Waals surface area contributed by atoms with E-state index in [9.17, 15) is 10.2 Å². The molecule has 0 saturated heterocycles. The molecule has 7 rings (SSSR count). The molecule has 0 amide bonds. The second-order valence-corrected chi connectivity index (χ2v) is 11.1. The van der Waals surface area contributed by atoms with Crippen molar-refractivity contribution < 1.29 is 53.0 Å². The fraction of sp³-hybridized carbons (Fsp3) is 0.0625. The zero-order valence-corrected chi connectivity index (χ0v) is 29.1. The molecular formula is C32H20Cl4HoN5O5. The van der Waals surface area contributed by atoms with Gasteiger partial charge >= 0.3 is 37.7 Å². The molecule has 0 atom stereocenters. The van der Waals surface area contributed by atoms with Gasteiger partial charge in [-0.05, 0) is 62.4 Å². The Hall–Kier alpha value is -3.48. The summed E-state index contributed by atoms with van der Waals surface area (Å²) in [6, 6.07) is 22.2. The Balaban J connectivity index is 0.000000179. The minimum absolute atomic E-state index is 0. The largest absolute Gasteiger partial charge is 3.00 e. The Morgan fingerprint density at radius 2 is 0.936 bits per heavy atom. The number of rotatable bonds is 0. The Morgan fingerprint density at radius 1 is 0.574 bits per heavy atom. The monoisotopic (exact) mass is 859 g/mol. The van der Waals surface area contributed by atoms with Crippen LogP contribution in [0.2, 0.25) is 20.1 Å². The van der Waals surface area contributed by atoms with E-state index in [1.165, 1.54) is 12.1 Å². The Bertz CT molecular complexity index is 2070. The van der Waals surface area contributed by atoms with Crippen LogP contribution in [0, 0.1) is 66.9 Å². The van der Waals surface area contributed by atoms with E-state index in [1.54, 1.807) is 24.5 Å². The SMILES string of the molecule is Cc1ccc2c(Cl)cc(Cl)c([O-])c2n1.Cc1ccc2c(Cl)cc(Cl)c([O-])c2n1.O=[N+]([O-])[O-].[Ho+3].c1cnc2c(c1)ccc1cccnc12. The fourth-order valence-electron chi connectivity index (χ4n) is 4.26. The van der Waals surface area contributed by atoms with E-state index < -0.39 is 5.09 Å². The standard InChI is InChI=1S/C12H8N2.2C10H7Cl2NO.Ho.NO3/c1-3-9-5-6-10-4-2-8-14-12(10)11(9)13-7-1;2*1-5-2-3-6-7(11)4-8(12)10(14)9(6)13-5;;2-1(3)4/h1-8H;2*2-4,14H,1H3;;/q;;;+3;-1/p-2. The van der Waals surface area contributed by atoms with Crippen molar-refractivity contribution in [3.8, 4) is 11.5 Å². The van der Waals surface area contributed by atoms with Gasteiger partial charge in [-0.3, -0.25) is 19.9 Å². The van der Waals surface area contributed by atoms with Crippen LogP contribution in [0.15, 0.2) is 85.2 Å². The molecule has 0 N–H and O–H groups in total. The topological polar surface area (TPSA) is 164 Å². The first-order valence-corrected chi connectivity index (χ1v) is 14.6. The molecule has 15 heteroatoms. The van der Waals surface area contributed by atoms with Gasteiger partial charge in [0.05, 0.1) is 37.2 Å². The Kier molecular flexibility index (Phi) is 13.8. The predicted octanol–water partition coefficient (Wildman–Crippen LogP) is 8.39. The molecule has 0 aliphatic rings. The number of aryl methyl sites for hydroxylation is 2. The van der Waals surface area contributed by atoms with Gasteiger partial charge in [-0.15, -0.1) is 0 Å². The zero-order valence-electron chi connectivity index (χ0n) is 24.2. The summed E-state index contributed by atoms with van der Waals surface area (Å²) in [5, 5.41) is 42.6. The van der Waals surface area contributed by atoms with Gasteiger partial charge < -0.3 is 25.5 Å². The van der Waals surface area contributed by atoms with Crippen LogP contribution in [-0.2, 0) is 0 Å². The average molecular weight is 861 g/mol. The Morgan fingerprint density at radius 3 is 1.30 bits per heavy atom. The molecule has 4 heterocycles. The summed E-state index contributed by atoms with van der Waals surface area (Å²) in [6.07, 6.45) is 3.60. The van der Waals surface area contributed by atoms with Gasteiger partial charge in [0.15, 0.2) is 0 Å². The number of halogens is 4. The van der Waals surface area contributed by atoms with E-state index in [4.69, 9.17) is 61.7 Å². The van der Waals surface area contributed by atoms with Crippen molar-refractivity contribution in [2.45, 2.75) is 13.8 Å². The number of aromatic nitrogens is 4. The Labute approximate surface area is 317 Å². The van der Waals surface area contributed by atoms with Gasteiger partial charge in [-0.1, -0.05) is 82.2 Å². The molecule has 7 aromatic rings. The normalized spacial score (nSPS) is 10.2. The third-order valence-electron chi connectivity index (χ3n) is 6.30. The van der Waals surface area contributed by atoms with Gasteiger partial charge in [-0.2, -0.15) is 0 Å². The summed E-state index contributed by atoms with van der Waals surface area (Å²) in [6.45, 7) is 3.63. The molecule has 0 unspecified atom stereocenters. The van der Waals surface area contributed by atoms with Crippen LogP contribution >= 0.6 is 46.4 Å². The number of fused-ring (bicyclic) bond motifs is 5. The molecule has 0 fully saturated rings. The van der Waals surface area contributed by atoms with E-state index >= 15 is 0 Å². The first-order chi connectivity index (χ1) is 21.9. The third kappa shape index (κ3) is 9.55. The summed E-state index contributed by atoms with van der Waals surface area (Å²) in [5.74, 6) is -0.537. The van der Waals surface area contributed by atoms with Crippen LogP contribution in [0.25, 0.3) is 43.6 Å². The van der Waals surface area contributed by atoms with Crippen molar-refractivity contribution in [3.63, 3.8) is 0 Å². The maximum atomic E-state index is 11.6. The molecule has 0 saturated carbocycles. The van der Waals surface area contributed by atoms with Crippen LogP contribution in [0.3, 0.4) is 0 Å². The van der Waals surface area contributed by atoms with E-state index in [0.29, 0.717) is 31.9 Å². The van der Waals surface area contributed by atoms with Gasteiger partial charge in [0.2, 0.25) is 0 Å². The maximum absolute atomic E-state index is 11.6. The van der Waals surface area contributed by atoms with E-state index in [2.05, 4.69) is 44.2 Å². The summed E-state index contributed by atoms with van der Waals surface area (Å²) in [7, 11) is 0. The first-order valence-electron chi connectivity index (χ1n) is 13.1. The van der Waals surface area contributed by atoms with Crippen molar-refractivity contribution in [2.24, 2.45) is 0 Å². The number of hydrogen-bond donors (Lipinski definition) is 0. The van der Waals surface area contributed by atoms with E-state index in [0.717, 1.165) is 33.2 Å². The molecule has 0 radical (unpaired) electrons. The summed E-state index contributed by atoms with van der Waals surface area (Å²) >= 11 is 23.3. The molecule has 4 aromatic heterocycles. The van der Waals surface area contributed by atoms with Crippen LogP contribution in [0.4, 0.5) is 0 Å². The number of hydrogen-bond acceptors (Lipinski definition) is 9. The van der Waals surface area contributed by atoms with Gasteiger partial charge in [-0.25, -0.2) is 0 Å². The van der Waals surface area contributed by atoms with E-state index in [-0.39, 0.29) is 59.3 Å². The van der Waals surface area contributed by atoms with Crippen molar-refractivity contribution in [2.75, 3.05) is 0 Å². The minimum Gasteiger partial charge on any atom is -0.870 e. The molecule has 0 bridgehead atoms. The fourth-order valence-corrected chi connectivity index (χ4v) is 5.29. The van der Waals surface area contributed by atoms with Crippen LogP contribution in [0.1, 0.15) is 11.4 Å². The minimum atomic E-state index is -1.75. The third-order valence-corrected chi connectivity index (χ3v) is 7.49. The predicted molar refractivity (Wildman–Crippen MR) is 179 cm³/mol. The average Bonchev–Trinajstić information content (AvgIpc) is 3.03. The number of pyridine rings is 4. The van der Waals surface area contributed by atoms with Crippen LogP contribution < -0.4 is 10.2 Å². The van der Waals surface area contributed by atoms with Crippen LogP contribution in [0.5, 0.6) is 11.5 Å². The smallest absolute Gasteiger partial charge is 0.870 e. The van der Waals surface area contributed by atoms with E-state index in [1.807, 2.05) is 38.1 Å². The summed E-state index contributed by atoms with van der Waals surface area (Å²) in [4.78, 5) is 25.2. The first kappa shape index (κ1) is 38.0. The number of benzene rings is 3. The molecule has 10 nitrogen and oxygen atoms in total. The van der Waals surface area contributed by atoms with Gasteiger partial charge in [0, 0.05) is 55.4 Å². The molecule has 3 aromatic carbocycles. The van der Waals surface area contributed by atoms with Crippen molar-refractivity contribution >= 4 is 90.0 Å². The second-order valence-electron chi connectivity index (χ2n) is 9.48. The molecular weight excluding hydrogens is 841 g/mol. The maximum Gasteiger partial charge on any atom is 3.00 e.